The monoisotopic (exact) mass is 610 g/mol. The number of aliphatic hydroxyl groups excluding tert-OH is 1. The summed E-state index contributed by atoms with van der Waals surface area (Å²) in [7, 11) is 0. The first-order valence-corrected chi connectivity index (χ1v) is 15.9. The second-order valence-corrected chi connectivity index (χ2v) is 14.0. The van der Waals surface area contributed by atoms with Crippen LogP contribution in [0.3, 0.4) is 0 Å². The maximum atomic E-state index is 18.1. The topological polar surface area (TPSA) is 118 Å². The van der Waals surface area contributed by atoms with Crippen molar-refractivity contribution < 1.29 is 28.2 Å². The minimum absolute atomic E-state index is 0.0545. The van der Waals surface area contributed by atoms with Crippen LogP contribution in [0.1, 0.15) is 71.1 Å². The summed E-state index contributed by atoms with van der Waals surface area (Å²) >= 11 is 0.827. The van der Waals surface area contributed by atoms with Crippen molar-refractivity contribution >= 4 is 28.9 Å². The number of carbonyl (C=O) groups excluding carboxylic acids is 2. The van der Waals surface area contributed by atoms with E-state index in [2.05, 4.69) is 10.1 Å². The van der Waals surface area contributed by atoms with Crippen LogP contribution in [0.15, 0.2) is 30.1 Å². The van der Waals surface area contributed by atoms with Gasteiger partial charge in [0.05, 0.1) is 41.7 Å². The number of aromatic nitrogens is 3. The second-order valence-electron chi connectivity index (χ2n) is 13.1. The number of hydrogen-bond acceptors (Lipinski definition) is 8. The smallest absolute Gasteiger partial charge is 0.306 e. The molecule has 0 unspecified atom stereocenters. The van der Waals surface area contributed by atoms with Crippen LogP contribution in [0.5, 0.6) is 0 Å². The number of pyridine rings is 1. The van der Waals surface area contributed by atoms with E-state index < -0.39 is 57.1 Å². The van der Waals surface area contributed by atoms with Crippen molar-refractivity contribution in [2.24, 2.45) is 28.6 Å². The number of ether oxygens (including phenoxy) is 1. The standard InChI is InChI=1S/C32H36F2N4O4S/c1-5-27(40)42-32(28(41)43-11-10-35)18(2)12-23-22-8-6-20-13-24-19(16-37-38(24)21-7-9-26(33)36-17-21)14-29(20,3)31(22,34)25(39)15-30(23,32)4/h7,9,13,16-18,22-23,25,39H,5-6,8,11-12,14-15H2,1-4H3/t18-,22+,23+,25+,29+,30+,31+,32+/m1/s1. The minimum atomic E-state index is -2.01. The number of esters is 1. The molecule has 0 radical (unpaired) electrons. The number of rotatable bonds is 5. The molecule has 6 rings (SSSR count). The van der Waals surface area contributed by atoms with E-state index in [9.17, 15) is 24.3 Å². The molecule has 8 nitrogen and oxygen atoms in total. The summed E-state index contributed by atoms with van der Waals surface area (Å²) in [6, 6.07) is 4.85. The van der Waals surface area contributed by atoms with Crippen LogP contribution < -0.4 is 0 Å². The number of thioether (sulfide) groups is 1. The van der Waals surface area contributed by atoms with Crippen LogP contribution in [0.2, 0.25) is 0 Å². The van der Waals surface area contributed by atoms with Crippen molar-refractivity contribution in [1.29, 1.82) is 5.26 Å². The molecule has 4 aliphatic rings. The SMILES string of the molecule is CCC(=O)O[C@]1(C(=O)SCC#N)[C@H](C)C[C@H]2[C@@H]3CCC4=Cc5c(cnn5-c5ccc(F)nc5)C[C@]4(C)[C@@]3(F)[C@@H](O)C[C@@]21C. The molecule has 3 fully saturated rings. The van der Waals surface area contributed by atoms with Crippen molar-refractivity contribution in [3.05, 3.63) is 47.3 Å². The van der Waals surface area contributed by atoms with Gasteiger partial charge >= 0.3 is 5.97 Å². The number of fused-ring (bicyclic) bond motifs is 6. The van der Waals surface area contributed by atoms with Gasteiger partial charge in [-0.3, -0.25) is 9.59 Å². The average Bonchev–Trinajstić information content (AvgIpc) is 3.47. The lowest BCUT2D eigenvalue weighted by atomic mass is 9.44. The summed E-state index contributed by atoms with van der Waals surface area (Å²) in [6.07, 6.45) is 5.48. The number of allylic oxidation sites excluding steroid dienone is 1. The zero-order valence-corrected chi connectivity index (χ0v) is 25.6. The van der Waals surface area contributed by atoms with Gasteiger partial charge in [-0.2, -0.15) is 14.8 Å². The van der Waals surface area contributed by atoms with Crippen LogP contribution in [-0.2, 0) is 20.7 Å². The van der Waals surface area contributed by atoms with E-state index in [1.807, 2.05) is 32.9 Å². The first kappa shape index (κ1) is 29.9. The Morgan fingerprint density at radius 3 is 2.72 bits per heavy atom. The Balaban J connectivity index is 1.41. The van der Waals surface area contributed by atoms with Gasteiger partial charge in [-0.05, 0) is 61.8 Å². The fourth-order valence-electron chi connectivity index (χ4n) is 9.23. The Labute approximate surface area is 253 Å². The molecule has 4 aliphatic carbocycles. The molecule has 11 heteroatoms. The molecule has 0 bridgehead atoms. The molecular formula is C32H36F2N4O4S. The minimum Gasteiger partial charge on any atom is -0.449 e. The maximum Gasteiger partial charge on any atom is 0.306 e. The number of carbonyl (C=O) groups is 2. The van der Waals surface area contributed by atoms with Gasteiger partial charge in [-0.15, -0.1) is 0 Å². The lowest BCUT2D eigenvalue weighted by Gasteiger charge is -2.63. The number of hydrogen-bond donors (Lipinski definition) is 1. The van der Waals surface area contributed by atoms with Crippen molar-refractivity contribution in [2.75, 3.05) is 5.75 Å². The summed E-state index contributed by atoms with van der Waals surface area (Å²) in [6.45, 7) is 7.27. The Morgan fingerprint density at radius 1 is 1.28 bits per heavy atom. The van der Waals surface area contributed by atoms with E-state index in [1.165, 1.54) is 12.3 Å². The third kappa shape index (κ3) is 3.94. The van der Waals surface area contributed by atoms with Crippen LogP contribution in [0.4, 0.5) is 8.78 Å². The van der Waals surface area contributed by atoms with Gasteiger partial charge < -0.3 is 9.84 Å². The van der Waals surface area contributed by atoms with E-state index >= 15 is 4.39 Å². The van der Waals surface area contributed by atoms with E-state index in [1.54, 1.807) is 23.9 Å². The largest absolute Gasteiger partial charge is 0.449 e. The maximum absolute atomic E-state index is 18.1. The van der Waals surface area contributed by atoms with Gasteiger partial charge in [0.1, 0.15) is 5.67 Å². The zero-order chi connectivity index (χ0) is 30.9. The summed E-state index contributed by atoms with van der Waals surface area (Å²) in [5.41, 5.74) is -2.55. The van der Waals surface area contributed by atoms with Gasteiger partial charge in [0.2, 0.25) is 11.1 Å². The Hall–Kier alpha value is -3.10. The van der Waals surface area contributed by atoms with E-state index in [4.69, 9.17) is 4.74 Å². The van der Waals surface area contributed by atoms with Gasteiger partial charge in [-0.25, -0.2) is 14.1 Å². The van der Waals surface area contributed by atoms with E-state index in [-0.39, 0.29) is 24.5 Å². The molecule has 2 aromatic heterocycles. The van der Waals surface area contributed by atoms with Crippen molar-refractivity contribution in [3.8, 4) is 11.8 Å². The molecular weight excluding hydrogens is 574 g/mol. The third-order valence-electron chi connectivity index (χ3n) is 11.2. The molecule has 0 saturated heterocycles. The highest BCUT2D eigenvalue weighted by Gasteiger charge is 2.77. The quantitative estimate of drug-likeness (QED) is 0.355. The highest BCUT2D eigenvalue weighted by molar-refractivity contribution is 8.14. The zero-order valence-electron chi connectivity index (χ0n) is 24.8. The highest BCUT2D eigenvalue weighted by atomic mass is 32.2. The Morgan fingerprint density at radius 2 is 2.05 bits per heavy atom. The van der Waals surface area contributed by atoms with Crippen LogP contribution in [0, 0.1) is 45.9 Å². The van der Waals surface area contributed by atoms with Crippen molar-refractivity contribution in [3.63, 3.8) is 0 Å². The summed E-state index contributed by atoms with van der Waals surface area (Å²) in [5, 5.41) is 25.2. The number of nitriles is 1. The average molecular weight is 611 g/mol. The Bertz CT molecular complexity index is 1560. The number of aliphatic hydroxyl groups is 1. The summed E-state index contributed by atoms with van der Waals surface area (Å²) in [4.78, 5) is 30.4. The molecule has 1 N–H and O–H groups in total. The van der Waals surface area contributed by atoms with Gasteiger partial charge in [0, 0.05) is 29.1 Å². The first-order chi connectivity index (χ1) is 20.4. The molecule has 2 heterocycles. The molecule has 0 amide bonds. The number of halogens is 2. The van der Waals surface area contributed by atoms with Crippen molar-refractivity contribution in [2.45, 2.75) is 83.6 Å². The predicted octanol–water partition coefficient (Wildman–Crippen LogP) is 5.37. The lowest BCUT2D eigenvalue weighted by molar-refractivity contribution is -0.231. The molecule has 0 aromatic carbocycles. The predicted molar refractivity (Wildman–Crippen MR) is 156 cm³/mol. The van der Waals surface area contributed by atoms with Crippen LogP contribution in [-0.4, -0.2) is 54.1 Å². The van der Waals surface area contributed by atoms with Crippen LogP contribution >= 0.6 is 11.8 Å². The van der Waals surface area contributed by atoms with Gasteiger partial charge in [0.25, 0.3) is 0 Å². The highest BCUT2D eigenvalue weighted by Crippen LogP contribution is 2.72. The third-order valence-corrected chi connectivity index (χ3v) is 12.0. The van der Waals surface area contributed by atoms with E-state index in [0.717, 1.165) is 28.6 Å². The molecule has 3 saturated carbocycles. The fraction of sp³-hybridized carbons (Fsp3) is 0.594. The first-order valence-electron chi connectivity index (χ1n) is 14.9. The molecule has 0 aliphatic heterocycles. The molecule has 0 spiro atoms. The Kier molecular flexibility index (Phi) is 7.13. The normalized spacial score (nSPS) is 37.7. The molecule has 8 atom stereocenters. The number of nitrogens with zero attached hydrogens (tertiary/aromatic N) is 4. The van der Waals surface area contributed by atoms with Gasteiger partial charge in [0.15, 0.2) is 5.60 Å². The molecule has 2 aromatic rings. The summed E-state index contributed by atoms with van der Waals surface area (Å²) < 4.78 is 39.3. The van der Waals surface area contributed by atoms with Gasteiger partial charge in [-0.1, -0.05) is 45.0 Å². The lowest BCUT2D eigenvalue weighted by Crippen LogP contribution is -2.70. The fourth-order valence-corrected chi connectivity index (χ4v) is 10.1. The molecule has 228 valence electrons. The van der Waals surface area contributed by atoms with Crippen molar-refractivity contribution in [1.82, 2.24) is 14.8 Å². The molecule has 43 heavy (non-hydrogen) atoms. The van der Waals surface area contributed by atoms with E-state index in [0.29, 0.717) is 31.4 Å². The number of alkyl halides is 1. The summed E-state index contributed by atoms with van der Waals surface area (Å²) in [5.74, 6) is -2.55. The van der Waals surface area contributed by atoms with Crippen LogP contribution in [0.25, 0.3) is 11.8 Å². The second kappa shape index (κ2) is 10.2.